The van der Waals surface area contributed by atoms with E-state index in [2.05, 4.69) is 4.98 Å². The number of halogens is 2. The molecule has 2 aromatic rings. The molecule has 0 bridgehead atoms. The van der Waals surface area contributed by atoms with Crippen LogP contribution in [0.15, 0.2) is 30.5 Å². The zero-order valence-electron chi connectivity index (χ0n) is 10.7. The van der Waals surface area contributed by atoms with E-state index < -0.39 is 5.82 Å². The Bertz CT molecular complexity index is 620. The Kier molecular flexibility index (Phi) is 3.96. The Labute approximate surface area is 116 Å². The third-order valence-corrected chi connectivity index (χ3v) is 3.23. The molecule has 0 radical (unpaired) electrons. The SMILES string of the molecule is Cc1cnc(C(=O)Cc2c(F)cccc2Cl)c(C)c1. The normalized spacial score (nSPS) is 10.5. The maximum absolute atomic E-state index is 13.6. The predicted molar refractivity (Wildman–Crippen MR) is 73.2 cm³/mol. The maximum Gasteiger partial charge on any atom is 0.185 e. The predicted octanol–water partition coefficient (Wildman–Crippen LogP) is 3.92. The molecule has 0 aliphatic rings. The van der Waals surface area contributed by atoms with Crippen molar-refractivity contribution in [2.45, 2.75) is 20.3 Å². The molecular formula is C15H13ClFNO. The van der Waals surface area contributed by atoms with Crippen LogP contribution in [-0.2, 0) is 6.42 Å². The van der Waals surface area contributed by atoms with Gasteiger partial charge in [-0.2, -0.15) is 0 Å². The standard InChI is InChI=1S/C15H13ClFNO/c1-9-6-10(2)15(18-8-9)14(19)7-11-12(16)4-3-5-13(11)17/h3-6,8H,7H2,1-2H3. The molecule has 19 heavy (non-hydrogen) atoms. The first kappa shape index (κ1) is 13.7. The van der Waals surface area contributed by atoms with E-state index in [9.17, 15) is 9.18 Å². The van der Waals surface area contributed by atoms with Gasteiger partial charge in [-0.3, -0.25) is 9.78 Å². The van der Waals surface area contributed by atoms with Crippen LogP contribution in [0.3, 0.4) is 0 Å². The first-order valence-corrected chi connectivity index (χ1v) is 6.26. The van der Waals surface area contributed by atoms with Gasteiger partial charge in [0.25, 0.3) is 0 Å². The van der Waals surface area contributed by atoms with E-state index in [1.165, 1.54) is 12.1 Å². The number of ketones is 1. The van der Waals surface area contributed by atoms with Gasteiger partial charge in [-0.25, -0.2) is 4.39 Å². The number of carbonyl (C=O) groups excluding carboxylic acids is 1. The van der Waals surface area contributed by atoms with Gasteiger partial charge in [0.15, 0.2) is 5.78 Å². The van der Waals surface area contributed by atoms with E-state index in [0.717, 1.165) is 11.1 Å². The molecule has 0 amide bonds. The van der Waals surface area contributed by atoms with Gasteiger partial charge >= 0.3 is 0 Å². The molecule has 0 spiro atoms. The highest BCUT2D eigenvalue weighted by atomic mass is 35.5. The zero-order chi connectivity index (χ0) is 14.0. The van der Waals surface area contributed by atoms with Gasteiger partial charge in [-0.15, -0.1) is 0 Å². The summed E-state index contributed by atoms with van der Waals surface area (Å²) < 4.78 is 13.6. The lowest BCUT2D eigenvalue weighted by molar-refractivity contribution is 0.0986. The van der Waals surface area contributed by atoms with Crippen LogP contribution in [0, 0.1) is 19.7 Å². The number of pyridine rings is 1. The van der Waals surface area contributed by atoms with E-state index in [1.54, 1.807) is 12.3 Å². The number of nitrogens with zero attached hydrogens (tertiary/aromatic N) is 1. The van der Waals surface area contributed by atoms with Crippen LogP contribution in [0.25, 0.3) is 0 Å². The topological polar surface area (TPSA) is 30.0 Å². The lowest BCUT2D eigenvalue weighted by Gasteiger charge is -2.07. The maximum atomic E-state index is 13.6. The molecule has 1 heterocycles. The molecular weight excluding hydrogens is 265 g/mol. The molecule has 0 aliphatic heterocycles. The van der Waals surface area contributed by atoms with E-state index in [1.807, 2.05) is 19.9 Å². The second-order valence-electron chi connectivity index (χ2n) is 4.48. The van der Waals surface area contributed by atoms with Crippen molar-refractivity contribution in [2.24, 2.45) is 0 Å². The number of hydrogen-bond donors (Lipinski definition) is 0. The summed E-state index contributed by atoms with van der Waals surface area (Å²) in [6.07, 6.45) is 1.55. The smallest absolute Gasteiger partial charge is 0.185 e. The van der Waals surface area contributed by atoms with Crippen molar-refractivity contribution in [2.75, 3.05) is 0 Å². The summed E-state index contributed by atoms with van der Waals surface area (Å²) in [7, 11) is 0. The van der Waals surface area contributed by atoms with Crippen LogP contribution in [0.1, 0.15) is 27.2 Å². The minimum absolute atomic E-state index is 0.0809. The molecule has 98 valence electrons. The van der Waals surface area contributed by atoms with E-state index in [4.69, 9.17) is 11.6 Å². The average molecular weight is 278 g/mol. The first-order valence-electron chi connectivity index (χ1n) is 5.88. The molecule has 0 atom stereocenters. The number of aromatic nitrogens is 1. The Morgan fingerprint density at radius 3 is 2.74 bits per heavy atom. The van der Waals surface area contributed by atoms with Crippen molar-refractivity contribution >= 4 is 17.4 Å². The molecule has 4 heteroatoms. The van der Waals surface area contributed by atoms with Gasteiger partial charge in [0.2, 0.25) is 0 Å². The fraction of sp³-hybridized carbons (Fsp3) is 0.200. The van der Waals surface area contributed by atoms with Crippen molar-refractivity contribution in [1.82, 2.24) is 4.98 Å². The Balaban J connectivity index is 2.31. The molecule has 0 fully saturated rings. The minimum atomic E-state index is -0.467. The van der Waals surface area contributed by atoms with Crippen LogP contribution in [0.4, 0.5) is 4.39 Å². The summed E-state index contributed by atoms with van der Waals surface area (Å²) in [4.78, 5) is 16.3. The van der Waals surface area contributed by atoms with Gasteiger partial charge < -0.3 is 0 Å². The highest BCUT2D eigenvalue weighted by molar-refractivity contribution is 6.31. The summed E-state index contributed by atoms with van der Waals surface area (Å²) in [5.41, 5.74) is 2.36. The average Bonchev–Trinajstić information content (AvgIpc) is 2.33. The molecule has 1 aromatic carbocycles. The second-order valence-corrected chi connectivity index (χ2v) is 4.89. The lowest BCUT2D eigenvalue weighted by Crippen LogP contribution is -2.10. The van der Waals surface area contributed by atoms with Gasteiger partial charge in [0, 0.05) is 23.2 Å². The number of rotatable bonds is 3. The van der Waals surface area contributed by atoms with Gasteiger partial charge in [0.05, 0.1) is 0 Å². The summed E-state index contributed by atoms with van der Waals surface area (Å²) in [5, 5.41) is 0.262. The number of Topliss-reactive ketones (excluding diaryl/α,β-unsaturated/α-hetero) is 1. The van der Waals surface area contributed by atoms with Crippen LogP contribution in [0.2, 0.25) is 5.02 Å². The zero-order valence-corrected chi connectivity index (χ0v) is 11.5. The third kappa shape index (κ3) is 2.99. The Morgan fingerprint density at radius 2 is 2.11 bits per heavy atom. The number of benzene rings is 1. The van der Waals surface area contributed by atoms with Gasteiger partial charge in [-0.05, 0) is 37.1 Å². The van der Waals surface area contributed by atoms with Gasteiger partial charge in [-0.1, -0.05) is 23.7 Å². The van der Waals surface area contributed by atoms with Gasteiger partial charge in [0.1, 0.15) is 11.5 Å². The fourth-order valence-corrected chi connectivity index (χ4v) is 2.18. The number of carbonyl (C=O) groups is 1. The quantitative estimate of drug-likeness (QED) is 0.796. The number of aryl methyl sites for hydroxylation is 2. The molecule has 0 saturated carbocycles. The van der Waals surface area contributed by atoms with Crippen molar-refractivity contribution < 1.29 is 9.18 Å². The monoisotopic (exact) mass is 277 g/mol. The second kappa shape index (κ2) is 5.49. The van der Waals surface area contributed by atoms with Crippen molar-refractivity contribution in [3.63, 3.8) is 0 Å². The molecule has 0 unspecified atom stereocenters. The van der Waals surface area contributed by atoms with Crippen LogP contribution < -0.4 is 0 Å². The number of hydrogen-bond acceptors (Lipinski definition) is 2. The van der Waals surface area contributed by atoms with Crippen LogP contribution in [0.5, 0.6) is 0 Å². The highest BCUT2D eigenvalue weighted by Gasteiger charge is 2.16. The van der Waals surface area contributed by atoms with E-state index in [0.29, 0.717) is 5.69 Å². The Hall–Kier alpha value is -1.74. The summed E-state index contributed by atoms with van der Waals surface area (Å²) in [5.74, 6) is -0.699. The molecule has 1 aromatic heterocycles. The van der Waals surface area contributed by atoms with Crippen LogP contribution in [-0.4, -0.2) is 10.8 Å². The van der Waals surface area contributed by atoms with Crippen molar-refractivity contribution in [3.8, 4) is 0 Å². The summed E-state index contributed by atoms with van der Waals surface area (Å²) >= 11 is 5.91. The molecule has 2 rings (SSSR count). The molecule has 0 aliphatic carbocycles. The molecule has 0 saturated heterocycles. The van der Waals surface area contributed by atoms with E-state index in [-0.39, 0.29) is 22.8 Å². The lowest BCUT2D eigenvalue weighted by atomic mass is 10.0. The largest absolute Gasteiger partial charge is 0.292 e. The summed E-state index contributed by atoms with van der Waals surface area (Å²) in [6.45, 7) is 3.72. The minimum Gasteiger partial charge on any atom is -0.292 e. The Morgan fingerprint density at radius 1 is 1.37 bits per heavy atom. The molecule has 2 nitrogen and oxygen atoms in total. The van der Waals surface area contributed by atoms with Crippen molar-refractivity contribution in [1.29, 1.82) is 0 Å². The van der Waals surface area contributed by atoms with Crippen molar-refractivity contribution in [3.05, 3.63) is 63.7 Å². The van der Waals surface area contributed by atoms with E-state index >= 15 is 0 Å². The molecule has 0 N–H and O–H groups in total. The highest BCUT2D eigenvalue weighted by Crippen LogP contribution is 2.21. The third-order valence-electron chi connectivity index (χ3n) is 2.88. The fourth-order valence-electron chi connectivity index (χ4n) is 1.95. The van der Waals surface area contributed by atoms with Crippen LogP contribution >= 0.6 is 11.6 Å². The first-order chi connectivity index (χ1) is 8.99. The summed E-state index contributed by atoms with van der Waals surface area (Å²) in [6, 6.07) is 6.26.